The van der Waals surface area contributed by atoms with Crippen LogP contribution in [0.15, 0.2) is 69.6 Å². The minimum absolute atomic E-state index is 0.0514. The Hall–Kier alpha value is -2.89. The molecule has 142 valence electrons. The van der Waals surface area contributed by atoms with E-state index in [-0.39, 0.29) is 6.61 Å². The highest BCUT2D eigenvalue weighted by Crippen LogP contribution is 2.32. The van der Waals surface area contributed by atoms with Crippen molar-refractivity contribution in [1.82, 2.24) is 9.88 Å². The third-order valence-electron chi connectivity index (χ3n) is 5.46. The first-order valence-corrected chi connectivity index (χ1v) is 9.64. The Labute approximate surface area is 163 Å². The van der Waals surface area contributed by atoms with E-state index in [2.05, 4.69) is 34.1 Å². The van der Waals surface area contributed by atoms with Gasteiger partial charge in [-0.1, -0.05) is 18.2 Å². The average Bonchev–Trinajstić information content (AvgIpc) is 3.47. The summed E-state index contributed by atoms with van der Waals surface area (Å²) in [5.41, 5.74) is 3.06. The van der Waals surface area contributed by atoms with Crippen molar-refractivity contribution >= 4 is 11.0 Å². The molecule has 0 radical (unpaired) electrons. The van der Waals surface area contributed by atoms with E-state index in [4.69, 9.17) is 13.9 Å². The van der Waals surface area contributed by atoms with Crippen molar-refractivity contribution < 1.29 is 13.9 Å². The van der Waals surface area contributed by atoms with Gasteiger partial charge in [-0.05, 0) is 60.8 Å². The molecule has 5 heteroatoms. The standard InChI is InChI=1S/C23H22N2O3/c26-15-20-6-5-19(27-20)14-25-10-8-18(13-25)16-7-9-24-21(11-16)23-12-17-3-1-2-4-22(17)28-23/h1-7,9,11-12,18,26H,8,10,13-15H2/t18-/m0/s1. The van der Waals surface area contributed by atoms with Gasteiger partial charge in [-0.15, -0.1) is 0 Å². The monoisotopic (exact) mass is 374 g/mol. The number of hydrogen-bond acceptors (Lipinski definition) is 5. The van der Waals surface area contributed by atoms with Gasteiger partial charge in [0.15, 0.2) is 5.76 Å². The molecule has 0 bridgehead atoms. The fraction of sp³-hybridized carbons (Fsp3) is 0.261. The number of hydrogen-bond donors (Lipinski definition) is 1. The number of fused-ring (bicyclic) bond motifs is 1. The van der Waals surface area contributed by atoms with Crippen LogP contribution >= 0.6 is 0 Å². The van der Waals surface area contributed by atoms with Gasteiger partial charge in [-0.3, -0.25) is 9.88 Å². The van der Waals surface area contributed by atoms with Gasteiger partial charge in [-0.25, -0.2) is 0 Å². The molecule has 0 saturated carbocycles. The van der Waals surface area contributed by atoms with Crippen molar-refractivity contribution in [2.75, 3.05) is 13.1 Å². The molecule has 1 aliphatic rings. The van der Waals surface area contributed by atoms with Crippen molar-refractivity contribution in [3.63, 3.8) is 0 Å². The molecule has 4 heterocycles. The number of rotatable bonds is 5. The number of benzene rings is 1. The van der Waals surface area contributed by atoms with E-state index in [1.54, 1.807) is 0 Å². The number of likely N-dealkylation sites (tertiary alicyclic amines) is 1. The van der Waals surface area contributed by atoms with Gasteiger partial charge in [0.2, 0.25) is 0 Å². The lowest BCUT2D eigenvalue weighted by Crippen LogP contribution is -2.19. The zero-order valence-corrected chi connectivity index (χ0v) is 15.5. The van der Waals surface area contributed by atoms with Gasteiger partial charge in [0, 0.05) is 18.1 Å². The summed E-state index contributed by atoms with van der Waals surface area (Å²) in [6.45, 7) is 2.74. The molecule has 5 rings (SSSR count). The van der Waals surface area contributed by atoms with Crippen LogP contribution in [0.2, 0.25) is 0 Å². The molecule has 0 spiro atoms. The van der Waals surface area contributed by atoms with Crippen LogP contribution in [0.1, 0.15) is 29.4 Å². The van der Waals surface area contributed by atoms with E-state index in [0.29, 0.717) is 11.7 Å². The summed E-state index contributed by atoms with van der Waals surface area (Å²) in [7, 11) is 0. The third-order valence-corrected chi connectivity index (χ3v) is 5.46. The highest BCUT2D eigenvalue weighted by molar-refractivity contribution is 5.82. The number of aliphatic hydroxyl groups excluding tert-OH is 1. The molecule has 1 atom stereocenters. The number of para-hydroxylation sites is 1. The molecule has 5 nitrogen and oxygen atoms in total. The summed E-state index contributed by atoms with van der Waals surface area (Å²) < 4.78 is 11.6. The van der Waals surface area contributed by atoms with Crippen LogP contribution < -0.4 is 0 Å². The van der Waals surface area contributed by atoms with Crippen molar-refractivity contribution in [2.45, 2.75) is 25.5 Å². The summed E-state index contributed by atoms with van der Waals surface area (Å²) in [6, 6.07) is 18.1. The molecule has 0 amide bonds. The number of aliphatic hydroxyl groups is 1. The van der Waals surface area contributed by atoms with Crippen molar-refractivity contribution in [1.29, 1.82) is 0 Å². The number of aromatic nitrogens is 1. The molecular formula is C23H22N2O3. The fourth-order valence-corrected chi connectivity index (χ4v) is 4.00. The zero-order chi connectivity index (χ0) is 18.9. The van der Waals surface area contributed by atoms with E-state index in [9.17, 15) is 0 Å². The summed E-state index contributed by atoms with van der Waals surface area (Å²) in [4.78, 5) is 6.92. The first-order chi connectivity index (χ1) is 13.8. The normalized spacial score (nSPS) is 17.5. The average molecular weight is 374 g/mol. The van der Waals surface area contributed by atoms with Crippen LogP contribution in [0.5, 0.6) is 0 Å². The second-order valence-corrected chi connectivity index (χ2v) is 7.37. The lowest BCUT2D eigenvalue weighted by molar-refractivity contribution is 0.232. The van der Waals surface area contributed by atoms with Crippen LogP contribution in [0.4, 0.5) is 0 Å². The van der Waals surface area contributed by atoms with Crippen molar-refractivity contribution in [3.05, 3.63) is 77.9 Å². The van der Waals surface area contributed by atoms with Gasteiger partial charge < -0.3 is 13.9 Å². The maximum atomic E-state index is 9.15. The smallest absolute Gasteiger partial charge is 0.153 e. The lowest BCUT2D eigenvalue weighted by Gasteiger charge is -2.15. The molecule has 3 aromatic heterocycles. The minimum atomic E-state index is -0.0514. The summed E-state index contributed by atoms with van der Waals surface area (Å²) in [5.74, 6) is 2.81. The first-order valence-electron chi connectivity index (χ1n) is 9.64. The van der Waals surface area contributed by atoms with Crippen LogP contribution in [-0.2, 0) is 13.2 Å². The van der Waals surface area contributed by atoms with Gasteiger partial charge in [0.1, 0.15) is 29.4 Å². The quantitative estimate of drug-likeness (QED) is 0.554. The summed E-state index contributed by atoms with van der Waals surface area (Å²) >= 11 is 0. The molecule has 1 aliphatic heterocycles. The number of nitrogens with zero attached hydrogens (tertiary/aromatic N) is 2. The highest BCUT2D eigenvalue weighted by atomic mass is 16.4. The van der Waals surface area contributed by atoms with E-state index in [1.807, 2.05) is 36.5 Å². The molecule has 28 heavy (non-hydrogen) atoms. The van der Waals surface area contributed by atoms with Crippen LogP contribution in [-0.4, -0.2) is 28.1 Å². The second kappa shape index (κ2) is 7.26. The fourth-order valence-electron chi connectivity index (χ4n) is 4.00. The van der Waals surface area contributed by atoms with Gasteiger partial charge in [0.25, 0.3) is 0 Å². The highest BCUT2D eigenvalue weighted by Gasteiger charge is 2.25. The van der Waals surface area contributed by atoms with Gasteiger partial charge >= 0.3 is 0 Å². The lowest BCUT2D eigenvalue weighted by atomic mass is 9.98. The van der Waals surface area contributed by atoms with Crippen LogP contribution in [0.3, 0.4) is 0 Å². The largest absolute Gasteiger partial charge is 0.462 e. The Bertz CT molecular complexity index is 1060. The maximum Gasteiger partial charge on any atom is 0.153 e. The summed E-state index contributed by atoms with van der Waals surface area (Å²) in [6.07, 6.45) is 2.98. The topological polar surface area (TPSA) is 62.6 Å². The molecule has 1 fully saturated rings. The van der Waals surface area contributed by atoms with Gasteiger partial charge in [0.05, 0.1) is 6.54 Å². The Balaban J connectivity index is 1.32. The molecule has 4 aromatic rings. The predicted octanol–water partition coefficient (Wildman–Crippen LogP) is 4.57. The Morgan fingerprint density at radius 1 is 1.04 bits per heavy atom. The Morgan fingerprint density at radius 3 is 2.79 bits per heavy atom. The minimum Gasteiger partial charge on any atom is -0.462 e. The van der Waals surface area contributed by atoms with E-state index in [1.165, 1.54) is 5.56 Å². The van der Waals surface area contributed by atoms with Crippen LogP contribution in [0.25, 0.3) is 22.4 Å². The molecular weight excluding hydrogens is 352 g/mol. The van der Waals surface area contributed by atoms with Crippen molar-refractivity contribution in [2.24, 2.45) is 0 Å². The van der Waals surface area contributed by atoms with E-state index < -0.39 is 0 Å². The van der Waals surface area contributed by atoms with E-state index >= 15 is 0 Å². The number of furan rings is 2. The second-order valence-electron chi connectivity index (χ2n) is 7.37. The van der Waals surface area contributed by atoms with Crippen molar-refractivity contribution in [3.8, 4) is 11.5 Å². The number of pyridine rings is 1. The molecule has 1 N–H and O–H groups in total. The SMILES string of the molecule is OCc1ccc(CN2CC[C@H](c3ccnc(-c4cc5ccccc5o4)c3)C2)o1. The Kier molecular flexibility index (Phi) is 4.47. The molecule has 0 aliphatic carbocycles. The Morgan fingerprint density at radius 2 is 1.93 bits per heavy atom. The first kappa shape index (κ1) is 17.2. The maximum absolute atomic E-state index is 9.15. The molecule has 1 saturated heterocycles. The van der Waals surface area contributed by atoms with Gasteiger partial charge in [-0.2, -0.15) is 0 Å². The molecule has 0 unspecified atom stereocenters. The van der Waals surface area contributed by atoms with E-state index in [0.717, 1.165) is 54.2 Å². The van der Waals surface area contributed by atoms with Crippen LogP contribution in [0, 0.1) is 0 Å². The third kappa shape index (κ3) is 3.35. The molecule has 1 aromatic carbocycles. The zero-order valence-electron chi connectivity index (χ0n) is 15.5. The predicted molar refractivity (Wildman–Crippen MR) is 107 cm³/mol. The summed E-state index contributed by atoms with van der Waals surface area (Å²) in [5, 5.41) is 10.2.